The number of carbonyl (C=O) groups is 1. The summed E-state index contributed by atoms with van der Waals surface area (Å²) < 4.78 is 17.9. The number of ether oxygens (including phenoxy) is 3. The summed E-state index contributed by atoms with van der Waals surface area (Å²) in [4.78, 5) is 13.3. The average Bonchev–Trinajstić information content (AvgIpc) is 3.09. The number of rotatable bonds is 11. The average molecular weight is 635 g/mol. The minimum absolute atomic E-state index is 0.102. The number of Topliss-reactive ketones (excluding diaryl/α,β-unsaturated/α-hetero) is 1. The Kier molecular flexibility index (Phi) is 12.6. The maximum atomic E-state index is 13.3. The Hall–Kier alpha value is -4.47. The molecule has 6 nitrogen and oxygen atoms in total. The first-order valence-electron chi connectivity index (χ1n) is 16.9. The van der Waals surface area contributed by atoms with Gasteiger partial charge in [-0.25, -0.2) is 0 Å². The van der Waals surface area contributed by atoms with Gasteiger partial charge in [-0.05, 0) is 89.8 Å². The summed E-state index contributed by atoms with van der Waals surface area (Å²) >= 11 is 0. The van der Waals surface area contributed by atoms with Crippen molar-refractivity contribution in [3.63, 3.8) is 0 Å². The molecule has 246 valence electrons. The lowest BCUT2D eigenvalue weighted by atomic mass is 9.90. The van der Waals surface area contributed by atoms with Gasteiger partial charge >= 0.3 is 0 Å². The van der Waals surface area contributed by atoms with E-state index in [0.717, 1.165) is 59.6 Å². The molecule has 0 radical (unpaired) electrons. The number of unbranched alkanes of at least 4 members (excludes halogenated alkanes) is 2. The fourth-order valence-corrected chi connectivity index (χ4v) is 6.44. The number of phenolic OH excluding ortho intramolecular Hbond substituents is 1. The summed E-state index contributed by atoms with van der Waals surface area (Å²) in [5.41, 5.74) is 4.08. The highest BCUT2D eigenvalue weighted by Gasteiger charge is 2.21. The number of aromatic hydroxyl groups is 1. The van der Waals surface area contributed by atoms with E-state index in [1.165, 1.54) is 5.56 Å². The molecule has 2 N–H and O–H groups in total. The zero-order valence-corrected chi connectivity index (χ0v) is 27.4. The van der Waals surface area contributed by atoms with Crippen LogP contribution < -0.4 is 9.47 Å². The number of benzene rings is 4. The van der Waals surface area contributed by atoms with Crippen molar-refractivity contribution in [2.45, 2.75) is 83.3 Å². The van der Waals surface area contributed by atoms with Crippen molar-refractivity contribution >= 4 is 16.6 Å². The van der Waals surface area contributed by atoms with Crippen molar-refractivity contribution in [3.05, 3.63) is 101 Å². The van der Waals surface area contributed by atoms with E-state index in [4.69, 9.17) is 14.2 Å². The number of methoxy groups -OCH3 is 1. The number of fused-ring (bicyclic) bond motifs is 9. The third-order valence-electron chi connectivity index (χ3n) is 9.06. The molecular weight excluding hydrogens is 588 g/mol. The van der Waals surface area contributed by atoms with Crippen LogP contribution in [0.5, 0.6) is 17.2 Å². The molecule has 2 aliphatic heterocycles. The summed E-state index contributed by atoms with van der Waals surface area (Å²) in [5.74, 6) is 4.89. The highest BCUT2D eigenvalue weighted by molar-refractivity contribution is 5.88. The van der Waals surface area contributed by atoms with E-state index in [9.17, 15) is 15.0 Å². The van der Waals surface area contributed by atoms with E-state index in [2.05, 4.69) is 42.4 Å². The second-order valence-corrected chi connectivity index (χ2v) is 12.5. The number of aliphatic hydroxyl groups excluding tert-OH is 1. The minimum Gasteiger partial charge on any atom is -0.508 e. The molecule has 2 atom stereocenters. The van der Waals surface area contributed by atoms with Crippen LogP contribution in [0.3, 0.4) is 0 Å². The van der Waals surface area contributed by atoms with Crippen molar-refractivity contribution in [1.29, 1.82) is 0 Å². The van der Waals surface area contributed by atoms with Crippen LogP contribution in [0.4, 0.5) is 0 Å². The predicted octanol–water partition coefficient (Wildman–Crippen LogP) is 8.12. The molecule has 4 aromatic rings. The van der Waals surface area contributed by atoms with Gasteiger partial charge in [0.1, 0.15) is 30.4 Å². The van der Waals surface area contributed by atoms with E-state index in [1.807, 2.05) is 42.5 Å². The van der Waals surface area contributed by atoms with Crippen LogP contribution in [-0.4, -0.2) is 35.8 Å². The molecule has 0 aliphatic carbocycles. The van der Waals surface area contributed by atoms with E-state index in [1.54, 1.807) is 13.2 Å². The fourth-order valence-electron chi connectivity index (χ4n) is 6.44. The van der Waals surface area contributed by atoms with E-state index in [-0.39, 0.29) is 36.6 Å². The van der Waals surface area contributed by atoms with Crippen LogP contribution in [0.25, 0.3) is 10.8 Å². The van der Waals surface area contributed by atoms with Gasteiger partial charge < -0.3 is 24.4 Å². The number of carbonyl (C=O) groups excluding carboxylic acids is 1. The van der Waals surface area contributed by atoms with Crippen LogP contribution in [0.15, 0.2) is 78.9 Å². The maximum Gasteiger partial charge on any atom is 0.161 e. The molecule has 0 fully saturated rings. The molecule has 0 amide bonds. The van der Waals surface area contributed by atoms with Crippen molar-refractivity contribution < 1.29 is 29.2 Å². The summed E-state index contributed by atoms with van der Waals surface area (Å²) in [5, 5.41) is 22.5. The Morgan fingerprint density at radius 3 is 2.62 bits per heavy atom. The SMILES string of the molecule is COc1ccc2cc1OCc1ccc3c(c(O)ccc3c1)CC#COC(CC(CCO)CCCCCc1ccccc1)CC(=O)CC2. The predicted molar refractivity (Wildman–Crippen MR) is 186 cm³/mol. The monoisotopic (exact) mass is 634 g/mol. The molecular formula is C41H46O6. The van der Waals surface area contributed by atoms with Gasteiger partial charge in [0.2, 0.25) is 0 Å². The van der Waals surface area contributed by atoms with Gasteiger partial charge in [-0.1, -0.05) is 79.8 Å². The largest absolute Gasteiger partial charge is 0.508 e. The summed E-state index contributed by atoms with van der Waals surface area (Å²) in [6.07, 6.45) is 10.7. The van der Waals surface area contributed by atoms with Gasteiger partial charge in [-0.2, -0.15) is 0 Å². The lowest BCUT2D eigenvalue weighted by Gasteiger charge is -2.22. The molecule has 0 saturated carbocycles. The number of phenols is 1. The molecule has 47 heavy (non-hydrogen) atoms. The molecule has 0 spiro atoms. The van der Waals surface area contributed by atoms with Crippen LogP contribution in [-0.2, 0) is 35.4 Å². The molecule has 2 aliphatic rings. The van der Waals surface area contributed by atoms with Crippen molar-refractivity contribution in [3.8, 4) is 29.3 Å². The maximum absolute atomic E-state index is 13.3. The standard InChI is InChI=1S/C41H46O6/c1-45-40-21-16-32-14-18-35(43)28-36(26-31(22-23-42)12-7-3-6-11-30-9-4-2-5-10-30)46-24-8-13-38-37-19-15-33(29-47-41(40)27-32)25-34(37)17-20-39(38)44/h2,4-5,9-10,15-17,19-21,25,27,31,36,42,44H,3,6-7,11-14,18,22-23,26,28-29H2,1H3. The summed E-state index contributed by atoms with van der Waals surface area (Å²) in [6.45, 7) is 0.452. The first-order valence-corrected chi connectivity index (χ1v) is 16.9. The molecule has 2 unspecified atom stereocenters. The van der Waals surface area contributed by atoms with E-state index in [0.29, 0.717) is 50.2 Å². The lowest BCUT2D eigenvalue weighted by Crippen LogP contribution is -2.21. The Labute approximate surface area is 278 Å². The topological polar surface area (TPSA) is 85.2 Å². The van der Waals surface area contributed by atoms with Gasteiger partial charge in [0.05, 0.1) is 7.11 Å². The summed E-state index contributed by atoms with van der Waals surface area (Å²) in [7, 11) is 1.62. The van der Waals surface area contributed by atoms with Crippen molar-refractivity contribution in [2.75, 3.05) is 13.7 Å². The zero-order valence-electron chi connectivity index (χ0n) is 27.4. The Morgan fingerprint density at radius 2 is 1.79 bits per heavy atom. The van der Waals surface area contributed by atoms with Gasteiger partial charge in [-0.15, -0.1) is 0 Å². The molecule has 0 aromatic heterocycles. The minimum atomic E-state index is -0.378. The molecule has 4 aromatic carbocycles. The normalized spacial score (nSPS) is 15.9. The highest BCUT2D eigenvalue weighted by atomic mass is 16.5. The van der Waals surface area contributed by atoms with Crippen molar-refractivity contribution in [1.82, 2.24) is 0 Å². The smallest absolute Gasteiger partial charge is 0.161 e. The first kappa shape index (κ1) is 33.9. The quantitative estimate of drug-likeness (QED) is 0.128. The molecule has 0 saturated heterocycles. The number of hydrogen-bond donors (Lipinski definition) is 2. The van der Waals surface area contributed by atoms with Crippen LogP contribution in [0, 0.1) is 17.9 Å². The molecule has 2 heterocycles. The number of aryl methyl sites for hydroxylation is 2. The van der Waals surface area contributed by atoms with Gasteiger partial charge in [0, 0.05) is 31.4 Å². The third-order valence-corrected chi connectivity index (χ3v) is 9.06. The second kappa shape index (κ2) is 17.4. The molecule has 6 heteroatoms. The second-order valence-electron chi connectivity index (χ2n) is 12.5. The number of ketones is 1. The van der Waals surface area contributed by atoms with Crippen LogP contribution in [0.2, 0.25) is 0 Å². The third kappa shape index (κ3) is 10.0. The van der Waals surface area contributed by atoms with E-state index >= 15 is 0 Å². The fraction of sp³-hybridized carbons (Fsp3) is 0.390. The lowest BCUT2D eigenvalue weighted by molar-refractivity contribution is -0.121. The van der Waals surface area contributed by atoms with Gasteiger partial charge in [0.15, 0.2) is 11.5 Å². The zero-order chi connectivity index (χ0) is 32.8. The van der Waals surface area contributed by atoms with Crippen LogP contribution in [0.1, 0.15) is 73.6 Å². The molecule has 6 rings (SSSR count). The number of hydrogen-bond acceptors (Lipinski definition) is 6. The van der Waals surface area contributed by atoms with Crippen LogP contribution >= 0.6 is 0 Å². The summed E-state index contributed by atoms with van der Waals surface area (Å²) in [6, 6.07) is 26.0. The van der Waals surface area contributed by atoms with E-state index < -0.39 is 0 Å². The Balaban J connectivity index is 1.32. The Bertz CT molecular complexity index is 1670. The number of aliphatic hydroxyl groups is 1. The highest BCUT2D eigenvalue weighted by Crippen LogP contribution is 2.32. The first-order chi connectivity index (χ1) is 23.0. The van der Waals surface area contributed by atoms with Crippen molar-refractivity contribution in [2.24, 2.45) is 5.92 Å². The molecule has 6 bridgehead atoms. The van der Waals surface area contributed by atoms with Gasteiger partial charge in [0.25, 0.3) is 0 Å². The Morgan fingerprint density at radius 1 is 0.936 bits per heavy atom. The van der Waals surface area contributed by atoms with Gasteiger partial charge in [-0.3, -0.25) is 4.79 Å².